The molecule has 3 aromatic rings. The van der Waals surface area contributed by atoms with Crippen molar-refractivity contribution in [3.05, 3.63) is 62.5 Å². The number of imide groups is 1. The van der Waals surface area contributed by atoms with Gasteiger partial charge in [0.05, 0.1) is 27.7 Å². The molecular formula is C19H16N4O4S. The molecule has 0 atom stereocenters. The molecular weight excluding hydrogens is 380 g/mol. The van der Waals surface area contributed by atoms with Crippen molar-refractivity contribution in [1.29, 1.82) is 0 Å². The van der Waals surface area contributed by atoms with Crippen molar-refractivity contribution in [1.82, 2.24) is 14.5 Å². The van der Waals surface area contributed by atoms with Gasteiger partial charge in [-0.3, -0.25) is 28.6 Å². The third-order valence-electron chi connectivity index (χ3n) is 4.80. The van der Waals surface area contributed by atoms with Crippen LogP contribution in [-0.4, -0.2) is 38.7 Å². The SMILES string of the molecule is Cc1c(C(N)=O)sc2ncn(CCCN3C(=O)c4ccccc4C3=O)c(=O)c12. The third kappa shape index (κ3) is 2.71. The first-order chi connectivity index (χ1) is 13.4. The van der Waals surface area contributed by atoms with E-state index in [4.69, 9.17) is 5.73 Å². The second-order valence-electron chi connectivity index (χ2n) is 6.50. The Balaban J connectivity index is 1.53. The monoisotopic (exact) mass is 396 g/mol. The molecule has 1 aliphatic heterocycles. The summed E-state index contributed by atoms with van der Waals surface area (Å²) in [5.74, 6) is -1.22. The van der Waals surface area contributed by atoms with Gasteiger partial charge in [0.25, 0.3) is 23.3 Å². The topological polar surface area (TPSA) is 115 Å². The molecule has 0 saturated carbocycles. The van der Waals surface area contributed by atoms with Gasteiger partial charge in [0.2, 0.25) is 0 Å². The number of carbonyl (C=O) groups excluding carboxylic acids is 3. The van der Waals surface area contributed by atoms with Gasteiger partial charge < -0.3 is 5.73 Å². The van der Waals surface area contributed by atoms with Gasteiger partial charge in [-0.2, -0.15) is 0 Å². The lowest BCUT2D eigenvalue weighted by atomic mass is 10.1. The summed E-state index contributed by atoms with van der Waals surface area (Å²) in [4.78, 5) is 55.2. The van der Waals surface area contributed by atoms with Gasteiger partial charge in [-0.15, -0.1) is 11.3 Å². The molecule has 4 rings (SSSR count). The van der Waals surface area contributed by atoms with E-state index in [0.29, 0.717) is 38.2 Å². The molecule has 3 heterocycles. The highest BCUT2D eigenvalue weighted by Crippen LogP contribution is 2.26. The maximum Gasteiger partial charge on any atom is 0.262 e. The van der Waals surface area contributed by atoms with E-state index in [1.54, 1.807) is 31.2 Å². The second kappa shape index (κ2) is 6.68. The molecule has 0 fully saturated rings. The number of hydrogen-bond donors (Lipinski definition) is 1. The Kier molecular flexibility index (Phi) is 4.31. The van der Waals surface area contributed by atoms with Crippen LogP contribution < -0.4 is 11.3 Å². The molecule has 1 aliphatic rings. The predicted molar refractivity (Wildman–Crippen MR) is 104 cm³/mol. The van der Waals surface area contributed by atoms with Gasteiger partial charge in [0, 0.05) is 13.1 Å². The van der Waals surface area contributed by atoms with Crippen LogP contribution in [0.15, 0.2) is 35.4 Å². The number of fused-ring (bicyclic) bond motifs is 2. The maximum atomic E-state index is 12.7. The van der Waals surface area contributed by atoms with E-state index in [9.17, 15) is 19.2 Å². The number of carbonyl (C=O) groups is 3. The number of nitrogens with two attached hydrogens (primary N) is 1. The van der Waals surface area contributed by atoms with E-state index < -0.39 is 5.91 Å². The number of hydrogen-bond acceptors (Lipinski definition) is 6. The molecule has 0 bridgehead atoms. The molecule has 142 valence electrons. The Morgan fingerprint density at radius 1 is 1.11 bits per heavy atom. The Hall–Kier alpha value is -3.33. The number of amides is 3. The Morgan fingerprint density at radius 2 is 1.75 bits per heavy atom. The predicted octanol–water partition coefficient (Wildman–Crippen LogP) is 1.55. The van der Waals surface area contributed by atoms with Crippen LogP contribution in [0.25, 0.3) is 10.2 Å². The molecule has 0 unspecified atom stereocenters. The highest BCUT2D eigenvalue weighted by Gasteiger charge is 2.34. The van der Waals surface area contributed by atoms with Crippen LogP contribution >= 0.6 is 11.3 Å². The number of aromatic nitrogens is 2. The molecule has 1 aromatic carbocycles. The van der Waals surface area contributed by atoms with Crippen LogP contribution in [0.3, 0.4) is 0 Å². The second-order valence-corrected chi connectivity index (χ2v) is 7.50. The summed E-state index contributed by atoms with van der Waals surface area (Å²) in [6.07, 6.45) is 1.82. The van der Waals surface area contributed by atoms with Crippen LogP contribution in [0.4, 0.5) is 0 Å². The molecule has 9 heteroatoms. The van der Waals surface area contributed by atoms with Crippen LogP contribution in [0.1, 0.15) is 42.4 Å². The lowest BCUT2D eigenvalue weighted by Crippen LogP contribution is -2.32. The number of aryl methyl sites for hydroxylation is 2. The van der Waals surface area contributed by atoms with Crippen LogP contribution in [0.2, 0.25) is 0 Å². The van der Waals surface area contributed by atoms with Gasteiger partial charge >= 0.3 is 0 Å². The number of rotatable bonds is 5. The zero-order chi connectivity index (χ0) is 20.0. The van der Waals surface area contributed by atoms with Crippen molar-refractivity contribution in [2.75, 3.05) is 6.54 Å². The minimum Gasteiger partial charge on any atom is -0.365 e. The largest absolute Gasteiger partial charge is 0.365 e. The smallest absolute Gasteiger partial charge is 0.262 e. The number of primary amides is 1. The highest BCUT2D eigenvalue weighted by molar-refractivity contribution is 7.20. The molecule has 0 radical (unpaired) electrons. The molecule has 3 amide bonds. The Bertz CT molecular complexity index is 1180. The lowest BCUT2D eigenvalue weighted by Gasteiger charge is -2.14. The van der Waals surface area contributed by atoms with E-state index in [1.807, 2.05) is 0 Å². The first-order valence-electron chi connectivity index (χ1n) is 8.63. The summed E-state index contributed by atoms with van der Waals surface area (Å²) in [5.41, 5.74) is 6.41. The summed E-state index contributed by atoms with van der Waals surface area (Å²) in [5, 5.41) is 0.377. The highest BCUT2D eigenvalue weighted by atomic mass is 32.1. The zero-order valence-electron chi connectivity index (χ0n) is 15.0. The third-order valence-corrected chi connectivity index (χ3v) is 6.01. The van der Waals surface area contributed by atoms with Gasteiger partial charge in [-0.25, -0.2) is 4.98 Å². The van der Waals surface area contributed by atoms with Crippen molar-refractivity contribution < 1.29 is 14.4 Å². The molecule has 28 heavy (non-hydrogen) atoms. The average molecular weight is 396 g/mol. The normalized spacial score (nSPS) is 13.4. The molecule has 8 nitrogen and oxygen atoms in total. The number of thiophene rings is 1. The van der Waals surface area contributed by atoms with Gasteiger partial charge in [0.15, 0.2) is 0 Å². The van der Waals surface area contributed by atoms with E-state index in [0.717, 1.165) is 11.3 Å². The summed E-state index contributed by atoms with van der Waals surface area (Å²) in [7, 11) is 0. The zero-order valence-corrected chi connectivity index (χ0v) is 15.8. The fraction of sp³-hybridized carbons (Fsp3) is 0.211. The fourth-order valence-corrected chi connectivity index (χ4v) is 4.39. The van der Waals surface area contributed by atoms with E-state index in [-0.39, 0.29) is 30.5 Å². The van der Waals surface area contributed by atoms with Gasteiger partial charge in [0.1, 0.15) is 4.83 Å². The molecule has 2 N–H and O–H groups in total. The summed E-state index contributed by atoms with van der Waals surface area (Å²) in [6, 6.07) is 6.70. The van der Waals surface area contributed by atoms with Crippen molar-refractivity contribution >= 4 is 39.3 Å². The van der Waals surface area contributed by atoms with Gasteiger partial charge in [-0.05, 0) is 31.0 Å². The molecule has 2 aromatic heterocycles. The summed E-state index contributed by atoms with van der Waals surface area (Å²) >= 11 is 1.10. The standard InChI is InChI=1S/C19H16N4O4S/c1-10-13-16(28-14(10)15(20)24)21-9-22(19(13)27)7-4-8-23-17(25)11-5-2-3-6-12(11)18(23)26/h2-3,5-6,9H,4,7-8H2,1H3,(H2,20,24). The van der Waals surface area contributed by atoms with Gasteiger partial charge in [-0.1, -0.05) is 12.1 Å². The molecule has 0 aliphatic carbocycles. The van der Waals surface area contributed by atoms with Crippen molar-refractivity contribution in [3.8, 4) is 0 Å². The Morgan fingerprint density at radius 3 is 2.36 bits per heavy atom. The number of benzene rings is 1. The lowest BCUT2D eigenvalue weighted by molar-refractivity contribution is 0.0650. The van der Waals surface area contributed by atoms with Crippen molar-refractivity contribution in [2.45, 2.75) is 19.9 Å². The van der Waals surface area contributed by atoms with Crippen molar-refractivity contribution in [2.24, 2.45) is 5.73 Å². The van der Waals surface area contributed by atoms with E-state index in [1.165, 1.54) is 15.8 Å². The minimum absolute atomic E-state index is 0.200. The Labute approximate surface area is 163 Å². The molecule has 0 saturated heterocycles. The maximum absolute atomic E-state index is 12.7. The van der Waals surface area contributed by atoms with E-state index in [2.05, 4.69) is 4.98 Å². The fourth-order valence-electron chi connectivity index (χ4n) is 3.39. The quantitative estimate of drug-likeness (QED) is 0.657. The first kappa shape index (κ1) is 18.1. The summed E-state index contributed by atoms with van der Waals surface area (Å²) in [6.45, 7) is 2.16. The van der Waals surface area contributed by atoms with Crippen LogP contribution in [0.5, 0.6) is 0 Å². The average Bonchev–Trinajstić information content (AvgIpc) is 3.14. The van der Waals surface area contributed by atoms with Crippen molar-refractivity contribution in [3.63, 3.8) is 0 Å². The number of nitrogens with zero attached hydrogens (tertiary/aromatic N) is 3. The minimum atomic E-state index is -0.586. The van der Waals surface area contributed by atoms with Crippen LogP contribution in [0, 0.1) is 6.92 Å². The summed E-state index contributed by atoms with van der Waals surface area (Å²) < 4.78 is 1.42. The molecule has 0 spiro atoms. The van der Waals surface area contributed by atoms with E-state index >= 15 is 0 Å². The van der Waals surface area contributed by atoms with Crippen LogP contribution in [-0.2, 0) is 6.54 Å². The first-order valence-corrected chi connectivity index (χ1v) is 9.45.